The molecular weight excluding hydrogens is 230 g/mol. The van der Waals surface area contributed by atoms with Gasteiger partial charge in [0.05, 0.1) is 11.8 Å². The Labute approximate surface area is 102 Å². The Morgan fingerprint density at radius 3 is 2.67 bits per heavy atom. The van der Waals surface area contributed by atoms with Crippen LogP contribution < -0.4 is 0 Å². The molecule has 0 amide bonds. The highest BCUT2D eigenvalue weighted by atomic mass is 16.4. The first kappa shape index (κ1) is 10.5. The summed E-state index contributed by atoms with van der Waals surface area (Å²) in [5.41, 5.74) is 2.24. The molecule has 18 heavy (non-hydrogen) atoms. The van der Waals surface area contributed by atoms with Crippen LogP contribution in [0.4, 0.5) is 0 Å². The van der Waals surface area contributed by atoms with E-state index in [0.717, 1.165) is 5.56 Å². The summed E-state index contributed by atoms with van der Waals surface area (Å²) in [7, 11) is 0. The van der Waals surface area contributed by atoms with Gasteiger partial charge in [-0.1, -0.05) is 30.3 Å². The lowest BCUT2D eigenvalue weighted by Gasteiger charge is -2.06. The number of nitrogens with zero attached hydrogens (tertiary/aromatic N) is 2. The number of hydrogen-bond acceptors (Lipinski definition) is 3. The summed E-state index contributed by atoms with van der Waals surface area (Å²) < 4.78 is 0. The van der Waals surface area contributed by atoms with Gasteiger partial charge < -0.3 is 5.11 Å². The van der Waals surface area contributed by atoms with E-state index in [2.05, 4.69) is 15.2 Å². The molecule has 0 saturated heterocycles. The number of aromatic nitrogens is 3. The number of pyridine rings is 1. The highest BCUT2D eigenvalue weighted by molar-refractivity contribution is 6.05. The third-order valence-electron chi connectivity index (χ3n) is 2.77. The molecule has 5 nitrogen and oxygen atoms in total. The largest absolute Gasteiger partial charge is 0.478 e. The second kappa shape index (κ2) is 3.96. The van der Waals surface area contributed by atoms with E-state index in [1.165, 1.54) is 6.20 Å². The molecule has 5 heteroatoms. The summed E-state index contributed by atoms with van der Waals surface area (Å²) in [6, 6.07) is 9.36. The molecule has 2 aromatic heterocycles. The van der Waals surface area contributed by atoms with E-state index >= 15 is 0 Å². The maximum absolute atomic E-state index is 11.3. The number of carboxylic acid groups (broad SMARTS) is 1. The van der Waals surface area contributed by atoms with Crippen LogP contribution in [0.1, 0.15) is 10.4 Å². The quantitative estimate of drug-likeness (QED) is 0.719. The minimum Gasteiger partial charge on any atom is -0.478 e. The van der Waals surface area contributed by atoms with Crippen molar-refractivity contribution in [2.45, 2.75) is 0 Å². The number of nitrogens with one attached hydrogen (secondary N) is 1. The van der Waals surface area contributed by atoms with Gasteiger partial charge in [-0.15, -0.1) is 0 Å². The van der Waals surface area contributed by atoms with Gasteiger partial charge in [-0.2, -0.15) is 5.10 Å². The van der Waals surface area contributed by atoms with Gasteiger partial charge in [0.15, 0.2) is 5.65 Å². The van der Waals surface area contributed by atoms with Crippen LogP contribution in [-0.2, 0) is 0 Å². The monoisotopic (exact) mass is 239 g/mol. The van der Waals surface area contributed by atoms with Crippen molar-refractivity contribution in [3.8, 4) is 11.1 Å². The lowest BCUT2D eigenvalue weighted by atomic mass is 9.99. The van der Waals surface area contributed by atoms with Crippen molar-refractivity contribution in [2.75, 3.05) is 0 Å². The lowest BCUT2D eigenvalue weighted by molar-refractivity contribution is 0.0697. The second-order valence-electron chi connectivity index (χ2n) is 3.85. The molecule has 0 saturated carbocycles. The number of fused-ring (bicyclic) bond motifs is 1. The van der Waals surface area contributed by atoms with Gasteiger partial charge in [0.25, 0.3) is 0 Å². The van der Waals surface area contributed by atoms with Crippen LogP contribution in [0.15, 0.2) is 42.7 Å². The highest BCUT2D eigenvalue weighted by Crippen LogP contribution is 2.29. The number of hydrogen-bond donors (Lipinski definition) is 2. The summed E-state index contributed by atoms with van der Waals surface area (Å²) >= 11 is 0. The van der Waals surface area contributed by atoms with Crippen LogP contribution in [0.5, 0.6) is 0 Å². The Kier molecular flexibility index (Phi) is 2.30. The standard InChI is InChI=1S/C13H9N3O2/c17-13(18)10-6-14-12-9(7-15-16-12)11(10)8-4-2-1-3-5-8/h1-7H,(H,17,18)(H,14,15,16). The zero-order valence-electron chi connectivity index (χ0n) is 9.29. The third kappa shape index (κ3) is 1.53. The molecule has 3 aromatic rings. The van der Waals surface area contributed by atoms with Gasteiger partial charge in [-0.05, 0) is 5.56 Å². The average Bonchev–Trinajstić information content (AvgIpc) is 2.86. The van der Waals surface area contributed by atoms with Gasteiger partial charge in [-0.3, -0.25) is 5.10 Å². The van der Waals surface area contributed by atoms with E-state index in [1.54, 1.807) is 6.20 Å². The summed E-state index contributed by atoms with van der Waals surface area (Å²) in [5, 5.41) is 16.6. The summed E-state index contributed by atoms with van der Waals surface area (Å²) in [5.74, 6) is -0.996. The van der Waals surface area contributed by atoms with Gasteiger partial charge >= 0.3 is 5.97 Å². The molecule has 0 atom stereocenters. The van der Waals surface area contributed by atoms with E-state index in [1.807, 2.05) is 30.3 Å². The molecule has 88 valence electrons. The van der Waals surface area contributed by atoms with Crippen molar-refractivity contribution in [3.05, 3.63) is 48.3 Å². The average molecular weight is 239 g/mol. The molecule has 0 unspecified atom stereocenters. The topological polar surface area (TPSA) is 78.9 Å². The minimum atomic E-state index is -0.996. The molecular formula is C13H9N3O2. The van der Waals surface area contributed by atoms with Gasteiger partial charge in [0.2, 0.25) is 0 Å². The van der Waals surface area contributed by atoms with Crippen LogP contribution in [0.2, 0.25) is 0 Å². The molecule has 2 heterocycles. The van der Waals surface area contributed by atoms with E-state index in [-0.39, 0.29) is 5.56 Å². The Bertz CT molecular complexity index is 719. The van der Waals surface area contributed by atoms with Gasteiger partial charge in [-0.25, -0.2) is 9.78 Å². The van der Waals surface area contributed by atoms with Crippen LogP contribution in [-0.4, -0.2) is 26.3 Å². The number of benzene rings is 1. The fourth-order valence-corrected chi connectivity index (χ4v) is 1.98. The molecule has 3 rings (SSSR count). The van der Waals surface area contributed by atoms with Crippen LogP contribution in [0.25, 0.3) is 22.2 Å². The van der Waals surface area contributed by atoms with Crippen molar-refractivity contribution in [1.29, 1.82) is 0 Å². The fourth-order valence-electron chi connectivity index (χ4n) is 1.98. The van der Waals surface area contributed by atoms with Crippen molar-refractivity contribution in [2.24, 2.45) is 0 Å². The number of aromatic amines is 1. The zero-order chi connectivity index (χ0) is 12.5. The predicted octanol–water partition coefficient (Wildman–Crippen LogP) is 2.32. The normalized spacial score (nSPS) is 10.7. The minimum absolute atomic E-state index is 0.176. The first-order valence-electron chi connectivity index (χ1n) is 5.38. The first-order chi connectivity index (χ1) is 8.77. The molecule has 0 aliphatic heterocycles. The van der Waals surface area contributed by atoms with E-state index < -0.39 is 5.97 Å². The third-order valence-corrected chi connectivity index (χ3v) is 2.77. The number of H-pyrrole nitrogens is 1. The van der Waals surface area contributed by atoms with Crippen molar-refractivity contribution < 1.29 is 9.90 Å². The van der Waals surface area contributed by atoms with E-state index in [0.29, 0.717) is 16.6 Å². The highest BCUT2D eigenvalue weighted by Gasteiger charge is 2.16. The lowest BCUT2D eigenvalue weighted by Crippen LogP contribution is -2.01. The summed E-state index contributed by atoms with van der Waals surface area (Å²) in [6.07, 6.45) is 2.95. The predicted molar refractivity (Wildman–Crippen MR) is 66.3 cm³/mol. The van der Waals surface area contributed by atoms with Gasteiger partial charge in [0.1, 0.15) is 0 Å². The number of rotatable bonds is 2. The smallest absolute Gasteiger partial charge is 0.337 e. The summed E-state index contributed by atoms with van der Waals surface area (Å²) in [4.78, 5) is 15.3. The molecule has 0 aliphatic carbocycles. The van der Waals surface area contributed by atoms with Crippen LogP contribution >= 0.6 is 0 Å². The Balaban J connectivity index is 2.40. The number of carboxylic acids is 1. The first-order valence-corrected chi connectivity index (χ1v) is 5.38. The van der Waals surface area contributed by atoms with Crippen LogP contribution in [0.3, 0.4) is 0 Å². The van der Waals surface area contributed by atoms with Crippen molar-refractivity contribution in [3.63, 3.8) is 0 Å². The van der Waals surface area contributed by atoms with E-state index in [4.69, 9.17) is 0 Å². The Morgan fingerprint density at radius 2 is 1.94 bits per heavy atom. The fraction of sp³-hybridized carbons (Fsp3) is 0. The molecule has 1 aromatic carbocycles. The maximum Gasteiger partial charge on any atom is 0.337 e. The molecule has 0 fully saturated rings. The number of carbonyl (C=O) groups is 1. The van der Waals surface area contributed by atoms with E-state index in [9.17, 15) is 9.90 Å². The molecule has 2 N–H and O–H groups in total. The van der Waals surface area contributed by atoms with Crippen molar-refractivity contribution in [1.82, 2.24) is 15.2 Å². The molecule has 0 radical (unpaired) electrons. The molecule has 0 bridgehead atoms. The van der Waals surface area contributed by atoms with Crippen LogP contribution in [0, 0.1) is 0 Å². The SMILES string of the molecule is O=C(O)c1cnc2[nH]ncc2c1-c1ccccc1. The van der Waals surface area contributed by atoms with Crippen molar-refractivity contribution >= 4 is 17.0 Å². The molecule has 0 aliphatic rings. The van der Waals surface area contributed by atoms with Gasteiger partial charge in [0, 0.05) is 17.1 Å². The number of aromatic carboxylic acids is 1. The Hall–Kier alpha value is -2.69. The molecule has 0 spiro atoms. The zero-order valence-corrected chi connectivity index (χ0v) is 9.29. The Morgan fingerprint density at radius 1 is 1.17 bits per heavy atom. The summed E-state index contributed by atoms with van der Waals surface area (Å²) in [6.45, 7) is 0. The maximum atomic E-state index is 11.3. The second-order valence-corrected chi connectivity index (χ2v) is 3.85.